The molecule has 0 heterocycles. The predicted octanol–water partition coefficient (Wildman–Crippen LogP) is 1.41. The highest BCUT2D eigenvalue weighted by molar-refractivity contribution is 7.90. The van der Waals surface area contributed by atoms with E-state index in [1.165, 1.54) is 12.1 Å². The number of aryl methyl sites for hydroxylation is 1. The molecule has 3 amide bonds. The van der Waals surface area contributed by atoms with Gasteiger partial charge >= 0.3 is 6.03 Å². The summed E-state index contributed by atoms with van der Waals surface area (Å²) < 4.78 is 26.0. The van der Waals surface area contributed by atoms with Crippen LogP contribution in [0.4, 0.5) is 4.79 Å². The van der Waals surface area contributed by atoms with Crippen molar-refractivity contribution in [3.63, 3.8) is 0 Å². The Morgan fingerprint density at radius 3 is 2.12 bits per heavy atom. The summed E-state index contributed by atoms with van der Waals surface area (Å²) in [5.41, 5.74) is 1.42. The normalized spacial score (nSPS) is 10.8. The molecule has 2 rings (SSSR count). The third-order valence-corrected chi connectivity index (χ3v) is 4.64. The molecule has 25 heavy (non-hydrogen) atoms. The number of sulfonamides is 1. The Bertz CT molecular complexity index is 834. The van der Waals surface area contributed by atoms with Gasteiger partial charge in [-0.2, -0.15) is 0 Å². The SMILES string of the molecule is Cc1ccc(S(=O)(=O)NC(=O)NCCNC(=O)c2ccccc2)cc1. The first kappa shape index (κ1) is 18.5. The van der Waals surface area contributed by atoms with E-state index in [2.05, 4.69) is 10.6 Å². The lowest BCUT2D eigenvalue weighted by Gasteiger charge is -2.09. The van der Waals surface area contributed by atoms with Crippen LogP contribution < -0.4 is 15.4 Å². The molecule has 0 saturated heterocycles. The summed E-state index contributed by atoms with van der Waals surface area (Å²) in [5, 5.41) is 5.01. The van der Waals surface area contributed by atoms with Crippen molar-refractivity contribution in [2.24, 2.45) is 0 Å². The zero-order valence-corrected chi connectivity index (χ0v) is 14.5. The Labute approximate surface area is 146 Å². The van der Waals surface area contributed by atoms with Gasteiger partial charge in [-0.25, -0.2) is 17.9 Å². The first-order chi connectivity index (χ1) is 11.9. The van der Waals surface area contributed by atoms with E-state index in [-0.39, 0.29) is 23.9 Å². The summed E-state index contributed by atoms with van der Waals surface area (Å²) in [7, 11) is -3.92. The second kappa shape index (κ2) is 8.29. The maximum atomic E-state index is 12.0. The van der Waals surface area contributed by atoms with Gasteiger partial charge in [-0.05, 0) is 31.2 Å². The van der Waals surface area contributed by atoms with Crippen molar-refractivity contribution in [2.45, 2.75) is 11.8 Å². The van der Waals surface area contributed by atoms with E-state index in [1.54, 1.807) is 42.5 Å². The second-order valence-electron chi connectivity index (χ2n) is 5.30. The van der Waals surface area contributed by atoms with Crippen LogP contribution in [0.1, 0.15) is 15.9 Å². The standard InChI is InChI=1S/C17H19N3O4S/c1-13-7-9-15(10-8-13)25(23,24)20-17(22)19-12-11-18-16(21)14-5-3-2-4-6-14/h2-10H,11-12H2,1H3,(H,18,21)(H2,19,20,22). The molecular formula is C17H19N3O4S. The van der Waals surface area contributed by atoms with Crippen LogP contribution in [-0.2, 0) is 10.0 Å². The zero-order chi connectivity index (χ0) is 18.3. The summed E-state index contributed by atoms with van der Waals surface area (Å²) in [4.78, 5) is 23.5. The van der Waals surface area contributed by atoms with Crippen LogP contribution in [-0.4, -0.2) is 33.4 Å². The number of hydrogen-bond acceptors (Lipinski definition) is 4. The van der Waals surface area contributed by atoms with Crippen LogP contribution in [0.15, 0.2) is 59.5 Å². The van der Waals surface area contributed by atoms with Crippen molar-refractivity contribution in [1.29, 1.82) is 0 Å². The molecule has 3 N–H and O–H groups in total. The minimum absolute atomic E-state index is 0.00521. The van der Waals surface area contributed by atoms with Crippen LogP contribution in [0.5, 0.6) is 0 Å². The van der Waals surface area contributed by atoms with E-state index in [4.69, 9.17) is 0 Å². The van der Waals surface area contributed by atoms with Gasteiger partial charge in [-0.15, -0.1) is 0 Å². The van der Waals surface area contributed by atoms with Gasteiger partial charge in [0.2, 0.25) is 0 Å². The van der Waals surface area contributed by atoms with Crippen LogP contribution in [0.25, 0.3) is 0 Å². The Morgan fingerprint density at radius 2 is 1.48 bits per heavy atom. The van der Waals surface area contributed by atoms with Crippen LogP contribution in [0, 0.1) is 6.92 Å². The fraction of sp³-hybridized carbons (Fsp3) is 0.176. The van der Waals surface area contributed by atoms with Gasteiger partial charge in [0.05, 0.1) is 4.90 Å². The summed E-state index contributed by atoms with van der Waals surface area (Å²) >= 11 is 0. The monoisotopic (exact) mass is 361 g/mol. The molecule has 0 bridgehead atoms. The summed E-state index contributed by atoms with van der Waals surface area (Å²) in [5.74, 6) is -0.268. The van der Waals surface area contributed by atoms with Crippen molar-refractivity contribution in [3.05, 3.63) is 65.7 Å². The first-order valence-corrected chi connectivity index (χ1v) is 9.07. The van der Waals surface area contributed by atoms with Gasteiger partial charge in [-0.1, -0.05) is 35.9 Å². The smallest absolute Gasteiger partial charge is 0.328 e. The van der Waals surface area contributed by atoms with E-state index in [0.717, 1.165) is 5.56 Å². The summed E-state index contributed by atoms with van der Waals surface area (Å²) in [6.07, 6.45) is 0. The molecule has 0 unspecified atom stereocenters. The Kier molecular flexibility index (Phi) is 6.13. The van der Waals surface area contributed by atoms with Gasteiger partial charge in [0, 0.05) is 18.7 Å². The van der Waals surface area contributed by atoms with Crippen molar-refractivity contribution < 1.29 is 18.0 Å². The lowest BCUT2D eigenvalue weighted by atomic mass is 10.2. The van der Waals surface area contributed by atoms with Crippen LogP contribution in [0.2, 0.25) is 0 Å². The predicted molar refractivity (Wildman–Crippen MR) is 93.7 cm³/mol. The van der Waals surface area contributed by atoms with Crippen molar-refractivity contribution in [2.75, 3.05) is 13.1 Å². The highest BCUT2D eigenvalue weighted by Crippen LogP contribution is 2.09. The van der Waals surface area contributed by atoms with Gasteiger partial charge < -0.3 is 10.6 Å². The molecular weight excluding hydrogens is 342 g/mol. The average Bonchev–Trinajstić information content (AvgIpc) is 2.59. The van der Waals surface area contributed by atoms with Gasteiger partial charge in [0.15, 0.2) is 0 Å². The highest BCUT2D eigenvalue weighted by atomic mass is 32.2. The molecule has 0 atom stereocenters. The van der Waals surface area contributed by atoms with E-state index < -0.39 is 16.1 Å². The van der Waals surface area contributed by atoms with E-state index in [9.17, 15) is 18.0 Å². The second-order valence-corrected chi connectivity index (χ2v) is 6.98. The van der Waals surface area contributed by atoms with Gasteiger partial charge in [-0.3, -0.25) is 4.79 Å². The fourth-order valence-electron chi connectivity index (χ4n) is 1.98. The number of nitrogens with one attached hydrogen (secondary N) is 3. The molecule has 0 spiro atoms. The Morgan fingerprint density at radius 1 is 0.880 bits per heavy atom. The Balaban J connectivity index is 1.77. The number of amides is 3. The number of rotatable bonds is 6. The minimum atomic E-state index is -3.92. The van der Waals surface area contributed by atoms with Gasteiger partial charge in [0.1, 0.15) is 0 Å². The maximum Gasteiger partial charge on any atom is 0.328 e. The lowest BCUT2D eigenvalue weighted by Crippen LogP contribution is -2.42. The summed E-state index contributed by atoms with van der Waals surface area (Å²) in [6, 6.07) is 13.9. The minimum Gasteiger partial charge on any atom is -0.350 e. The maximum absolute atomic E-state index is 12.0. The van der Waals surface area contributed by atoms with Crippen molar-refractivity contribution in [1.82, 2.24) is 15.4 Å². The zero-order valence-electron chi connectivity index (χ0n) is 13.7. The van der Waals surface area contributed by atoms with Crippen LogP contribution >= 0.6 is 0 Å². The molecule has 2 aromatic rings. The molecule has 0 fully saturated rings. The quantitative estimate of drug-likeness (QED) is 0.677. The molecule has 0 radical (unpaired) electrons. The molecule has 8 heteroatoms. The number of carbonyl (C=O) groups excluding carboxylic acids is 2. The molecule has 2 aromatic carbocycles. The molecule has 0 aromatic heterocycles. The van der Waals surface area contributed by atoms with E-state index >= 15 is 0 Å². The molecule has 0 aliphatic heterocycles. The molecule has 132 valence electrons. The molecule has 0 aliphatic rings. The van der Waals surface area contributed by atoms with Crippen LogP contribution in [0.3, 0.4) is 0 Å². The molecule has 0 aliphatic carbocycles. The van der Waals surface area contributed by atoms with Gasteiger partial charge in [0.25, 0.3) is 15.9 Å². The Hall–Kier alpha value is -2.87. The van der Waals surface area contributed by atoms with E-state index in [0.29, 0.717) is 5.56 Å². The third-order valence-electron chi connectivity index (χ3n) is 3.29. The lowest BCUT2D eigenvalue weighted by molar-refractivity contribution is 0.0954. The molecule has 7 nitrogen and oxygen atoms in total. The topological polar surface area (TPSA) is 104 Å². The largest absolute Gasteiger partial charge is 0.350 e. The number of benzene rings is 2. The number of urea groups is 1. The third kappa shape index (κ3) is 5.61. The number of hydrogen-bond donors (Lipinski definition) is 3. The van der Waals surface area contributed by atoms with Crippen molar-refractivity contribution in [3.8, 4) is 0 Å². The molecule has 0 saturated carbocycles. The van der Waals surface area contributed by atoms with E-state index in [1.807, 2.05) is 11.6 Å². The summed E-state index contributed by atoms with van der Waals surface area (Å²) in [6.45, 7) is 2.10. The highest BCUT2D eigenvalue weighted by Gasteiger charge is 2.16. The fourth-order valence-corrected chi connectivity index (χ4v) is 2.91. The first-order valence-electron chi connectivity index (χ1n) is 7.59. The van der Waals surface area contributed by atoms with Crippen molar-refractivity contribution >= 4 is 22.0 Å². The number of carbonyl (C=O) groups is 2. The average molecular weight is 361 g/mol.